The summed E-state index contributed by atoms with van der Waals surface area (Å²) in [7, 11) is 1.90. The molecule has 90 valence electrons. The van der Waals surface area contributed by atoms with Crippen LogP contribution in [0.4, 0.5) is 0 Å². The largest absolute Gasteiger partial charge is 0.349 e. The average Bonchev–Trinajstić information content (AvgIpc) is 2.59. The first-order valence-electron chi connectivity index (χ1n) is 5.78. The van der Waals surface area contributed by atoms with Gasteiger partial charge in [-0.2, -0.15) is 0 Å². The molecule has 0 aliphatic rings. The van der Waals surface area contributed by atoms with Crippen LogP contribution in [-0.4, -0.2) is 30.1 Å². The minimum Gasteiger partial charge on any atom is -0.349 e. The van der Waals surface area contributed by atoms with Crippen LogP contribution in [0.25, 0.3) is 0 Å². The molecule has 0 aromatic carbocycles. The number of amides is 1. The number of aryl methyl sites for hydroxylation is 1. The van der Waals surface area contributed by atoms with Crippen molar-refractivity contribution in [2.75, 3.05) is 19.6 Å². The zero-order chi connectivity index (χ0) is 12.0. The molecule has 0 aliphatic carbocycles. The number of hydrogen-bond acceptors (Lipinski definition) is 2. The summed E-state index contributed by atoms with van der Waals surface area (Å²) in [6, 6.07) is 3.80. The van der Waals surface area contributed by atoms with Gasteiger partial charge in [-0.25, -0.2) is 0 Å². The topological polar surface area (TPSA) is 46.1 Å². The second-order valence-electron chi connectivity index (χ2n) is 3.92. The molecule has 0 saturated carbocycles. The summed E-state index contributed by atoms with van der Waals surface area (Å²) < 4.78 is 1.90. The molecule has 0 radical (unpaired) electrons. The predicted molar refractivity (Wildman–Crippen MR) is 65.6 cm³/mol. The predicted octanol–water partition coefficient (Wildman–Crippen LogP) is 1.06. The van der Waals surface area contributed by atoms with Crippen LogP contribution >= 0.6 is 0 Å². The monoisotopic (exact) mass is 223 g/mol. The maximum atomic E-state index is 11.8. The Morgan fingerprint density at radius 3 is 2.62 bits per heavy atom. The Balaban J connectivity index is 2.33. The fraction of sp³-hybridized carbons (Fsp3) is 0.583. The maximum absolute atomic E-state index is 11.8. The van der Waals surface area contributed by atoms with Crippen molar-refractivity contribution in [1.29, 1.82) is 0 Å². The van der Waals surface area contributed by atoms with E-state index in [2.05, 4.69) is 17.6 Å². The molecule has 0 unspecified atom stereocenters. The van der Waals surface area contributed by atoms with Crippen molar-refractivity contribution in [3.63, 3.8) is 0 Å². The summed E-state index contributed by atoms with van der Waals surface area (Å²) in [5.74, 6) is -0.00565. The summed E-state index contributed by atoms with van der Waals surface area (Å²) in [6.07, 6.45) is 1.12. The number of hydrogen-bond donors (Lipinski definition) is 2. The quantitative estimate of drug-likeness (QED) is 0.708. The van der Waals surface area contributed by atoms with Gasteiger partial charge in [0.1, 0.15) is 5.69 Å². The van der Waals surface area contributed by atoms with Crippen molar-refractivity contribution < 1.29 is 4.79 Å². The van der Waals surface area contributed by atoms with E-state index in [4.69, 9.17) is 0 Å². The molecule has 0 spiro atoms. The van der Waals surface area contributed by atoms with Crippen molar-refractivity contribution in [2.24, 2.45) is 7.05 Å². The van der Waals surface area contributed by atoms with Gasteiger partial charge in [0.15, 0.2) is 0 Å². The van der Waals surface area contributed by atoms with Crippen molar-refractivity contribution in [3.05, 3.63) is 23.5 Å². The summed E-state index contributed by atoms with van der Waals surface area (Å²) in [5, 5.41) is 6.13. The van der Waals surface area contributed by atoms with E-state index in [9.17, 15) is 4.79 Å². The number of nitrogens with one attached hydrogen (secondary N) is 2. The first kappa shape index (κ1) is 12.8. The van der Waals surface area contributed by atoms with Crippen LogP contribution in [0.15, 0.2) is 12.1 Å². The van der Waals surface area contributed by atoms with Crippen LogP contribution in [-0.2, 0) is 7.05 Å². The molecular weight excluding hydrogens is 202 g/mol. The SMILES string of the molecule is CCCNCCNC(=O)c1ccc(C)n1C. The average molecular weight is 223 g/mol. The fourth-order valence-electron chi connectivity index (χ4n) is 1.50. The van der Waals surface area contributed by atoms with E-state index in [1.165, 1.54) is 0 Å². The lowest BCUT2D eigenvalue weighted by molar-refractivity contribution is 0.0945. The molecule has 16 heavy (non-hydrogen) atoms. The Morgan fingerprint density at radius 1 is 1.31 bits per heavy atom. The van der Waals surface area contributed by atoms with Gasteiger partial charge in [0, 0.05) is 25.8 Å². The molecule has 0 bridgehead atoms. The Hall–Kier alpha value is -1.29. The molecule has 1 aromatic heterocycles. The lowest BCUT2D eigenvalue weighted by atomic mass is 10.4. The molecule has 1 rings (SSSR count). The summed E-state index contributed by atoms with van der Waals surface area (Å²) in [6.45, 7) is 6.60. The Morgan fingerprint density at radius 2 is 2.06 bits per heavy atom. The van der Waals surface area contributed by atoms with Gasteiger partial charge in [-0.15, -0.1) is 0 Å². The minimum absolute atomic E-state index is 0.00565. The molecule has 0 fully saturated rings. The van der Waals surface area contributed by atoms with Crippen LogP contribution in [0.2, 0.25) is 0 Å². The van der Waals surface area contributed by atoms with Crippen molar-refractivity contribution in [3.8, 4) is 0 Å². The van der Waals surface area contributed by atoms with E-state index < -0.39 is 0 Å². The molecule has 4 nitrogen and oxygen atoms in total. The van der Waals surface area contributed by atoms with Gasteiger partial charge in [-0.05, 0) is 32.0 Å². The molecule has 0 aliphatic heterocycles. The lowest BCUT2D eigenvalue weighted by Gasteiger charge is -2.07. The first-order valence-corrected chi connectivity index (χ1v) is 5.78. The highest BCUT2D eigenvalue weighted by atomic mass is 16.1. The molecule has 4 heteroatoms. The number of rotatable bonds is 6. The molecule has 1 heterocycles. The highest BCUT2D eigenvalue weighted by molar-refractivity contribution is 5.92. The number of aromatic nitrogens is 1. The van der Waals surface area contributed by atoms with Gasteiger partial charge in [-0.3, -0.25) is 4.79 Å². The molecule has 0 atom stereocenters. The van der Waals surface area contributed by atoms with E-state index in [-0.39, 0.29) is 5.91 Å². The standard InChI is InChI=1S/C12H21N3O/c1-4-7-13-8-9-14-12(16)11-6-5-10(2)15(11)3/h5-6,13H,4,7-9H2,1-3H3,(H,14,16). The van der Waals surface area contributed by atoms with Gasteiger partial charge in [0.05, 0.1) is 0 Å². The number of carbonyl (C=O) groups excluding carboxylic acids is 1. The first-order chi connectivity index (χ1) is 7.66. The van der Waals surface area contributed by atoms with Gasteiger partial charge in [-0.1, -0.05) is 6.92 Å². The third-order valence-corrected chi connectivity index (χ3v) is 2.62. The molecule has 1 aromatic rings. The fourth-order valence-corrected chi connectivity index (χ4v) is 1.50. The third kappa shape index (κ3) is 3.38. The van der Waals surface area contributed by atoms with Gasteiger partial charge in [0.2, 0.25) is 0 Å². The van der Waals surface area contributed by atoms with Crippen LogP contribution in [0.1, 0.15) is 29.5 Å². The van der Waals surface area contributed by atoms with Crippen molar-refractivity contribution in [1.82, 2.24) is 15.2 Å². The summed E-state index contributed by atoms with van der Waals surface area (Å²) >= 11 is 0. The van der Waals surface area contributed by atoms with Crippen molar-refractivity contribution in [2.45, 2.75) is 20.3 Å². The Kier molecular flexibility index (Phi) is 5.05. The summed E-state index contributed by atoms with van der Waals surface area (Å²) in [5.41, 5.74) is 1.81. The minimum atomic E-state index is -0.00565. The molecule has 2 N–H and O–H groups in total. The molecule has 1 amide bonds. The third-order valence-electron chi connectivity index (χ3n) is 2.62. The maximum Gasteiger partial charge on any atom is 0.267 e. The van der Waals surface area contributed by atoms with E-state index in [1.54, 1.807) is 0 Å². The molecular formula is C12H21N3O. The van der Waals surface area contributed by atoms with E-state index in [1.807, 2.05) is 30.7 Å². The zero-order valence-corrected chi connectivity index (χ0v) is 10.3. The Bertz CT molecular complexity index is 344. The van der Waals surface area contributed by atoms with Crippen LogP contribution in [0, 0.1) is 6.92 Å². The van der Waals surface area contributed by atoms with Gasteiger partial charge in [0.25, 0.3) is 5.91 Å². The number of nitrogens with zero attached hydrogens (tertiary/aromatic N) is 1. The molecule has 0 saturated heterocycles. The number of carbonyl (C=O) groups is 1. The van der Waals surface area contributed by atoms with Crippen LogP contribution in [0.5, 0.6) is 0 Å². The van der Waals surface area contributed by atoms with Gasteiger partial charge < -0.3 is 15.2 Å². The van der Waals surface area contributed by atoms with E-state index in [0.29, 0.717) is 12.2 Å². The van der Waals surface area contributed by atoms with Gasteiger partial charge >= 0.3 is 0 Å². The lowest BCUT2D eigenvalue weighted by Crippen LogP contribution is -2.33. The summed E-state index contributed by atoms with van der Waals surface area (Å²) in [4.78, 5) is 11.8. The van der Waals surface area contributed by atoms with Crippen LogP contribution in [0.3, 0.4) is 0 Å². The van der Waals surface area contributed by atoms with Crippen LogP contribution < -0.4 is 10.6 Å². The highest BCUT2D eigenvalue weighted by Gasteiger charge is 2.09. The smallest absolute Gasteiger partial charge is 0.267 e. The van der Waals surface area contributed by atoms with Crippen molar-refractivity contribution >= 4 is 5.91 Å². The second-order valence-corrected chi connectivity index (χ2v) is 3.92. The van der Waals surface area contributed by atoms with E-state index in [0.717, 1.165) is 25.2 Å². The van der Waals surface area contributed by atoms with E-state index >= 15 is 0 Å². The second kappa shape index (κ2) is 6.33. The Labute approximate surface area is 97.0 Å². The zero-order valence-electron chi connectivity index (χ0n) is 10.3. The normalized spacial score (nSPS) is 10.4. The highest BCUT2D eigenvalue weighted by Crippen LogP contribution is 2.04.